The van der Waals surface area contributed by atoms with Crippen molar-refractivity contribution >= 4 is 11.8 Å². The Morgan fingerprint density at radius 3 is 2.47 bits per heavy atom. The topological polar surface area (TPSA) is 40.7 Å². The third kappa shape index (κ3) is 3.39. The maximum atomic E-state index is 4.25. The SMILES string of the molecule is CNC(CSc1ncc[nH]1)c1c(C)cc(C)cc1C. The van der Waals surface area contributed by atoms with Crippen LogP contribution in [-0.2, 0) is 0 Å². The molecule has 3 nitrogen and oxygen atoms in total. The molecule has 1 heterocycles. The summed E-state index contributed by atoms with van der Waals surface area (Å²) in [5.41, 5.74) is 5.45. The predicted octanol–water partition coefficient (Wildman–Crippen LogP) is 3.39. The van der Waals surface area contributed by atoms with Crippen LogP contribution in [0.4, 0.5) is 0 Å². The molecule has 102 valence electrons. The van der Waals surface area contributed by atoms with Crippen LogP contribution in [0.25, 0.3) is 0 Å². The van der Waals surface area contributed by atoms with Crippen molar-refractivity contribution in [2.75, 3.05) is 12.8 Å². The van der Waals surface area contributed by atoms with Gasteiger partial charge in [-0.1, -0.05) is 29.5 Å². The Bertz CT molecular complexity index is 511. The average molecular weight is 275 g/mol. The number of nitrogens with one attached hydrogen (secondary N) is 2. The number of H-pyrrole nitrogens is 1. The molecule has 19 heavy (non-hydrogen) atoms. The van der Waals surface area contributed by atoms with Crippen molar-refractivity contribution in [3.63, 3.8) is 0 Å². The van der Waals surface area contributed by atoms with Gasteiger partial charge in [-0.15, -0.1) is 0 Å². The molecule has 0 aliphatic rings. The minimum atomic E-state index is 0.343. The number of imidazole rings is 1. The maximum Gasteiger partial charge on any atom is 0.165 e. The first-order valence-electron chi connectivity index (χ1n) is 6.49. The molecule has 0 saturated heterocycles. The first kappa shape index (κ1) is 14.2. The van der Waals surface area contributed by atoms with Crippen LogP contribution in [0.5, 0.6) is 0 Å². The molecule has 0 amide bonds. The summed E-state index contributed by atoms with van der Waals surface area (Å²) in [6.45, 7) is 6.53. The molecule has 0 aliphatic carbocycles. The third-order valence-electron chi connectivity index (χ3n) is 3.29. The molecule has 0 bridgehead atoms. The number of nitrogens with zero attached hydrogens (tertiary/aromatic N) is 1. The zero-order valence-electron chi connectivity index (χ0n) is 11.9. The summed E-state index contributed by atoms with van der Waals surface area (Å²) in [6, 6.07) is 4.85. The fraction of sp³-hybridized carbons (Fsp3) is 0.400. The van der Waals surface area contributed by atoms with Crippen LogP contribution < -0.4 is 5.32 Å². The van der Waals surface area contributed by atoms with Crippen LogP contribution in [0.15, 0.2) is 29.7 Å². The molecule has 1 unspecified atom stereocenters. The second-order valence-electron chi connectivity index (χ2n) is 4.86. The summed E-state index contributed by atoms with van der Waals surface area (Å²) >= 11 is 1.75. The first-order chi connectivity index (χ1) is 9.11. The molecular weight excluding hydrogens is 254 g/mol. The molecule has 0 aliphatic heterocycles. The van der Waals surface area contributed by atoms with E-state index in [1.165, 1.54) is 22.3 Å². The molecular formula is C15H21N3S. The van der Waals surface area contributed by atoms with Gasteiger partial charge >= 0.3 is 0 Å². The van der Waals surface area contributed by atoms with Crippen LogP contribution in [0.1, 0.15) is 28.3 Å². The smallest absolute Gasteiger partial charge is 0.165 e. The van der Waals surface area contributed by atoms with Crippen molar-refractivity contribution in [2.24, 2.45) is 0 Å². The van der Waals surface area contributed by atoms with Crippen molar-refractivity contribution < 1.29 is 0 Å². The summed E-state index contributed by atoms with van der Waals surface area (Å²) in [5, 5.41) is 4.39. The normalized spacial score (nSPS) is 12.6. The minimum Gasteiger partial charge on any atom is -0.340 e. The van der Waals surface area contributed by atoms with Crippen molar-refractivity contribution in [2.45, 2.75) is 32.0 Å². The molecule has 1 aromatic carbocycles. The quantitative estimate of drug-likeness (QED) is 0.822. The number of rotatable bonds is 5. The largest absolute Gasteiger partial charge is 0.340 e. The van der Waals surface area contributed by atoms with Gasteiger partial charge in [0.05, 0.1) is 0 Å². The van der Waals surface area contributed by atoms with Crippen LogP contribution >= 0.6 is 11.8 Å². The van der Waals surface area contributed by atoms with Gasteiger partial charge in [-0.25, -0.2) is 4.98 Å². The molecule has 0 spiro atoms. The van der Waals surface area contributed by atoms with Gasteiger partial charge in [0.15, 0.2) is 5.16 Å². The Morgan fingerprint density at radius 2 is 1.95 bits per heavy atom. The highest BCUT2D eigenvalue weighted by Crippen LogP contribution is 2.27. The fourth-order valence-electron chi connectivity index (χ4n) is 2.54. The van der Waals surface area contributed by atoms with Gasteiger partial charge in [-0.05, 0) is 44.5 Å². The maximum absolute atomic E-state index is 4.25. The average Bonchev–Trinajstić information content (AvgIpc) is 2.85. The Morgan fingerprint density at radius 1 is 1.26 bits per heavy atom. The molecule has 2 aromatic rings. The summed E-state index contributed by atoms with van der Waals surface area (Å²) in [5.74, 6) is 0.967. The lowest BCUT2D eigenvalue weighted by atomic mass is 9.95. The van der Waals surface area contributed by atoms with Crippen LogP contribution in [0.3, 0.4) is 0 Å². The Kier molecular flexibility index (Phi) is 4.66. The van der Waals surface area contributed by atoms with E-state index in [0.717, 1.165) is 10.9 Å². The van der Waals surface area contributed by atoms with E-state index >= 15 is 0 Å². The van der Waals surface area contributed by atoms with Crippen molar-refractivity contribution in [1.82, 2.24) is 15.3 Å². The van der Waals surface area contributed by atoms with Gasteiger partial charge in [0.2, 0.25) is 0 Å². The van der Waals surface area contributed by atoms with Gasteiger partial charge in [-0.2, -0.15) is 0 Å². The van der Waals surface area contributed by atoms with E-state index < -0.39 is 0 Å². The van der Waals surface area contributed by atoms with Crippen molar-refractivity contribution in [3.05, 3.63) is 46.8 Å². The van der Waals surface area contributed by atoms with E-state index in [4.69, 9.17) is 0 Å². The molecule has 0 radical (unpaired) electrons. The van der Waals surface area contributed by atoms with E-state index in [0.29, 0.717) is 6.04 Å². The monoisotopic (exact) mass is 275 g/mol. The Balaban J connectivity index is 2.17. The summed E-state index contributed by atoms with van der Waals surface area (Å²) in [7, 11) is 2.02. The molecule has 0 saturated carbocycles. The highest BCUT2D eigenvalue weighted by Gasteiger charge is 2.15. The minimum absolute atomic E-state index is 0.343. The number of hydrogen-bond donors (Lipinski definition) is 2. The number of thioether (sulfide) groups is 1. The number of aromatic nitrogens is 2. The summed E-state index contributed by atoms with van der Waals surface area (Å²) in [4.78, 5) is 7.39. The number of hydrogen-bond acceptors (Lipinski definition) is 3. The highest BCUT2D eigenvalue weighted by molar-refractivity contribution is 7.99. The fourth-order valence-corrected chi connectivity index (χ4v) is 3.49. The molecule has 1 atom stereocenters. The van der Waals surface area contributed by atoms with E-state index in [1.54, 1.807) is 18.0 Å². The lowest BCUT2D eigenvalue weighted by molar-refractivity contribution is 0.653. The van der Waals surface area contributed by atoms with Crippen molar-refractivity contribution in [3.8, 4) is 0 Å². The molecule has 1 aromatic heterocycles. The van der Waals surface area contributed by atoms with E-state index in [1.807, 2.05) is 13.2 Å². The van der Waals surface area contributed by atoms with E-state index in [2.05, 4.69) is 48.2 Å². The molecule has 2 N–H and O–H groups in total. The predicted molar refractivity (Wildman–Crippen MR) is 81.8 cm³/mol. The third-order valence-corrected chi connectivity index (χ3v) is 4.29. The number of aryl methyl sites for hydroxylation is 3. The second kappa shape index (κ2) is 6.26. The van der Waals surface area contributed by atoms with Gasteiger partial charge in [-0.3, -0.25) is 0 Å². The Labute approximate surface area is 119 Å². The van der Waals surface area contributed by atoms with Crippen LogP contribution in [0, 0.1) is 20.8 Å². The highest BCUT2D eigenvalue weighted by atomic mass is 32.2. The van der Waals surface area contributed by atoms with Crippen LogP contribution in [0.2, 0.25) is 0 Å². The summed E-state index contributed by atoms with van der Waals surface area (Å²) in [6.07, 6.45) is 3.65. The lowest BCUT2D eigenvalue weighted by Gasteiger charge is -2.21. The zero-order chi connectivity index (χ0) is 13.8. The van der Waals surface area contributed by atoms with Gasteiger partial charge in [0.1, 0.15) is 0 Å². The summed E-state index contributed by atoms with van der Waals surface area (Å²) < 4.78 is 0. The van der Waals surface area contributed by atoms with Gasteiger partial charge in [0.25, 0.3) is 0 Å². The Hall–Kier alpha value is -1.26. The van der Waals surface area contributed by atoms with Gasteiger partial charge in [0, 0.05) is 24.2 Å². The second-order valence-corrected chi connectivity index (χ2v) is 5.87. The first-order valence-corrected chi connectivity index (χ1v) is 7.47. The molecule has 4 heteroatoms. The van der Waals surface area contributed by atoms with Crippen molar-refractivity contribution in [1.29, 1.82) is 0 Å². The number of benzene rings is 1. The zero-order valence-corrected chi connectivity index (χ0v) is 12.8. The number of aromatic amines is 1. The van der Waals surface area contributed by atoms with E-state index in [-0.39, 0.29) is 0 Å². The van der Waals surface area contributed by atoms with Crippen LogP contribution in [-0.4, -0.2) is 22.8 Å². The standard InChI is InChI=1S/C15H21N3S/c1-10-7-11(2)14(12(3)8-10)13(16-4)9-19-15-17-5-6-18-15/h5-8,13,16H,9H2,1-4H3,(H,17,18). The molecule has 2 rings (SSSR count). The van der Waals surface area contributed by atoms with E-state index in [9.17, 15) is 0 Å². The molecule has 0 fully saturated rings. The lowest BCUT2D eigenvalue weighted by Crippen LogP contribution is -2.21. The van der Waals surface area contributed by atoms with Gasteiger partial charge < -0.3 is 10.3 Å².